The van der Waals surface area contributed by atoms with Gasteiger partial charge in [0.2, 0.25) is 0 Å². The van der Waals surface area contributed by atoms with E-state index in [2.05, 4.69) is 0 Å². The molecule has 0 aliphatic rings. The van der Waals surface area contributed by atoms with Crippen molar-refractivity contribution in [1.29, 1.82) is 5.26 Å². The summed E-state index contributed by atoms with van der Waals surface area (Å²) in [5.41, 5.74) is 0.445. The van der Waals surface area contributed by atoms with Gasteiger partial charge in [0.15, 0.2) is 0 Å². The zero-order chi connectivity index (χ0) is 9.84. The number of nitrogens with zero attached hydrogens (tertiary/aromatic N) is 1. The summed E-state index contributed by atoms with van der Waals surface area (Å²) in [5, 5.41) is 8.42. The lowest BCUT2D eigenvalue weighted by Crippen LogP contribution is -1.91. The Hall–Kier alpha value is -1.27. The maximum Gasteiger partial charge on any atom is 0.145 e. The smallest absolute Gasteiger partial charge is 0.145 e. The van der Waals surface area contributed by atoms with Crippen LogP contribution >= 0.6 is 11.6 Å². The lowest BCUT2D eigenvalue weighted by molar-refractivity contribution is 0.411. The van der Waals surface area contributed by atoms with Gasteiger partial charge in [0.25, 0.3) is 0 Å². The molecule has 2 nitrogen and oxygen atoms in total. The molecular formula is C9H7ClFNO. The molecule has 0 atom stereocenters. The van der Waals surface area contributed by atoms with Crippen molar-refractivity contribution in [3.63, 3.8) is 0 Å². The zero-order valence-corrected chi connectivity index (χ0v) is 7.73. The van der Waals surface area contributed by atoms with E-state index in [1.54, 1.807) is 6.07 Å². The fourth-order valence-electron chi connectivity index (χ4n) is 0.950. The first-order valence-corrected chi connectivity index (χ1v) is 3.95. The Labute approximate surface area is 80.5 Å². The Bertz CT molecular complexity index is 359. The molecule has 4 heteroatoms. The third-order valence-electron chi connectivity index (χ3n) is 1.58. The molecule has 1 aromatic rings. The Morgan fingerprint density at radius 1 is 1.62 bits per heavy atom. The number of rotatable bonds is 2. The van der Waals surface area contributed by atoms with Gasteiger partial charge in [0.1, 0.15) is 11.6 Å². The monoisotopic (exact) mass is 199 g/mol. The van der Waals surface area contributed by atoms with Gasteiger partial charge < -0.3 is 4.74 Å². The highest BCUT2D eigenvalue weighted by atomic mass is 35.5. The second-order valence-corrected chi connectivity index (χ2v) is 2.80. The van der Waals surface area contributed by atoms with E-state index in [1.807, 2.05) is 6.07 Å². The highest BCUT2D eigenvalue weighted by Gasteiger charge is 2.08. The molecule has 0 bridgehead atoms. The van der Waals surface area contributed by atoms with Gasteiger partial charge >= 0.3 is 0 Å². The number of ether oxygens (including phenoxy) is 1. The van der Waals surface area contributed by atoms with Crippen molar-refractivity contribution in [1.82, 2.24) is 0 Å². The average Bonchev–Trinajstić information content (AvgIpc) is 2.13. The number of methoxy groups -OCH3 is 1. The Kier molecular flexibility index (Phi) is 3.10. The SMILES string of the molecule is COc1cc(F)c(Cl)c(CC#N)c1. The maximum absolute atomic E-state index is 13.0. The van der Waals surface area contributed by atoms with E-state index in [1.165, 1.54) is 13.2 Å². The normalized spacial score (nSPS) is 9.38. The maximum atomic E-state index is 13.0. The molecule has 0 amide bonds. The predicted molar refractivity (Wildman–Crippen MR) is 47.3 cm³/mol. The number of hydrogen-bond acceptors (Lipinski definition) is 2. The van der Waals surface area contributed by atoms with Crippen LogP contribution in [0.25, 0.3) is 0 Å². The van der Waals surface area contributed by atoms with Gasteiger partial charge in [-0.1, -0.05) is 11.6 Å². The van der Waals surface area contributed by atoms with Gasteiger partial charge in [-0.25, -0.2) is 4.39 Å². The summed E-state index contributed by atoms with van der Waals surface area (Å²) in [7, 11) is 1.43. The number of hydrogen-bond donors (Lipinski definition) is 0. The molecule has 0 heterocycles. The summed E-state index contributed by atoms with van der Waals surface area (Å²) in [6.45, 7) is 0. The molecule has 68 valence electrons. The van der Waals surface area contributed by atoms with E-state index in [0.717, 1.165) is 0 Å². The minimum Gasteiger partial charge on any atom is -0.497 e. The molecule has 0 aliphatic carbocycles. The highest BCUT2D eigenvalue weighted by Crippen LogP contribution is 2.25. The molecule has 0 aromatic heterocycles. The van der Waals surface area contributed by atoms with Crippen molar-refractivity contribution in [2.45, 2.75) is 6.42 Å². The molecular weight excluding hydrogens is 193 g/mol. The Morgan fingerprint density at radius 3 is 2.85 bits per heavy atom. The van der Waals surface area contributed by atoms with Crippen LogP contribution in [0, 0.1) is 17.1 Å². The molecule has 1 aromatic carbocycles. The Balaban J connectivity index is 3.18. The molecule has 13 heavy (non-hydrogen) atoms. The third kappa shape index (κ3) is 2.10. The molecule has 0 fully saturated rings. The van der Waals surface area contributed by atoms with E-state index in [0.29, 0.717) is 11.3 Å². The van der Waals surface area contributed by atoms with Crippen molar-refractivity contribution in [3.8, 4) is 11.8 Å². The van der Waals surface area contributed by atoms with Crippen LogP contribution in [0.15, 0.2) is 12.1 Å². The van der Waals surface area contributed by atoms with Crippen LogP contribution in [0.5, 0.6) is 5.75 Å². The van der Waals surface area contributed by atoms with Crippen LogP contribution in [0.2, 0.25) is 5.02 Å². The standard InChI is InChI=1S/C9H7ClFNO/c1-13-7-4-6(2-3-12)9(10)8(11)5-7/h4-5H,2H2,1H3. The summed E-state index contributed by atoms with van der Waals surface area (Å²) < 4.78 is 17.9. The zero-order valence-electron chi connectivity index (χ0n) is 6.97. The first-order valence-electron chi connectivity index (χ1n) is 3.58. The molecule has 0 radical (unpaired) electrons. The van der Waals surface area contributed by atoms with Gasteiger partial charge in [-0.05, 0) is 11.6 Å². The number of nitriles is 1. The molecule has 1 rings (SSSR count). The summed E-state index contributed by atoms with van der Waals surface area (Å²) in [6, 6.07) is 4.63. The predicted octanol–water partition coefficient (Wildman–Crippen LogP) is 2.55. The van der Waals surface area contributed by atoms with E-state index < -0.39 is 5.82 Å². The average molecular weight is 200 g/mol. The van der Waals surface area contributed by atoms with Crippen LogP contribution in [-0.4, -0.2) is 7.11 Å². The molecule has 0 aliphatic heterocycles. The van der Waals surface area contributed by atoms with Crippen LogP contribution in [-0.2, 0) is 6.42 Å². The minimum absolute atomic E-state index is 0.0117. The largest absolute Gasteiger partial charge is 0.497 e. The van der Waals surface area contributed by atoms with Crippen molar-refractivity contribution in [2.75, 3.05) is 7.11 Å². The van der Waals surface area contributed by atoms with Gasteiger partial charge in [-0.3, -0.25) is 0 Å². The second-order valence-electron chi connectivity index (χ2n) is 2.42. The van der Waals surface area contributed by atoms with Gasteiger partial charge in [0, 0.05) is 6.07 Å². The summed E-state index contributed by atoms with van der Waals surface area (Å²) in [5.74, 6) is -0.196. The molecule has 0 unspecified atom stereocenters. The third-order valence-corrected chi connectivity index (χ3v) is 2.01. The lowest BCUT2D eigenvalue weighted by Gasteiger charge is -2.04. The summed E-state index contributed by atoms with van der Waals surface area (Å²) in [6.07, 6.45) is 0.0763. The molecule has 0 N–H and O–H groups in total. The molecule has 0 saturated heterocycles. The topological polar surface area (TPSA) is 33.0 Å². The van der Waals surface area contributed by atoms with Gasteiger partial charge in [-0.15, -0.1) is 0 Å². The first kappa shape index (κ1) is 9.82. The number of benzene rings is 1. The number of halogens is 2. The van der Waals surface area contributed by atoms with Crippen LogP contribution < -0.4 is 4.74 Å². The molecule has 0 spiro atoms. The second kappa shape index (κ2) is 4.11. The minimum atomic E-state index is -0.564. The van der Waals surface area contributed by atoms with Crippen molar-refractivity contribution < 1.29 is 9.13 Å². The van der Waals surface area contributed by atoms with Crippen LogP contribution in [0.4, 0.5) is 4.39 Å². The van der Waals surface area contributed by atoms with E-state index in [4.69, 9.17) is 21.6 Å². The highest BCUT2D eigenvalue weighted by molar-refractivity contribution is 6.31. The van der Waals surface area contributed by atoms with Gasteiger partial charge in [-0.2, -0.15) is 5.26 Å². The quantitative estimate of drug-likeness (QED) is 0.734. The van der Waals surface area contributed by atoms with Crippen LogP contribution in [0.1, 0.15) is 5.56 Å². The van der Waals surface area contributed by atoms with Crippen molar-refractivity contribution >= 4 is 11.6 Å². The van der Waals surface area contributed by atoms with Gasteiger partial charge in [0.05, 0.1) is 24.6 Å². The van der Waals surface area contributed by atoms with Crippen LogP contribution in [0.3, 0.4) is 0 Å². The first-order chi connectivity index (χ1) is 6.19. The Morgan fingerprint density at radius 2 is 2.31 bits per heavy atom. The van der Waals surface area contributed by atoms with E-state index >= 15 is 0 Å². The summed E-state index contributed by atoms with van der Waals surface area (Å²) >= 11 is 5.62. The molecule has 0 saturated carbocycles. The fraction of sp³-hybridized carbons (Fsp3) is 0.222. The van der Waals surface area contributed by atoms with Crippen molar-refractivity contribution in [2.24, 2.45) is 0 Å². The summed E-state index contributed by atoms with van der Waals surface area (Å²) in [4.78, 5) is 0. The lowest BCUT2D eigenvalue weighted by atomic mass is 10.1. The fourth-order valence-corrected chi connectivity index (χ4v) is 1.13. The van der Waals surface area contributed by atoms with E-state index in [9.17, 15) is 4.39 Å². The van der Waals surface area contributed by atoms with E-state index in [-0.39, 0.29) is 11.4 Å². The van der Waals surface area contributed by atoms with Crippen molar-refractivity contribution in [3.05, 3.63) is 28.5 Å².